The Morgan fingerprint density at radius 2 is 2.09 bits per heavy atom. The van der Waals surface area contributed by atoms with E-state index in [1.54, 1.807) is 11.8 Å². The second-order valence-corrected chi connectivity index (χ2v) is 5.33. The first-order valence-electron chi connectivity index (χ1n) is 7.32. The number of rotatable bonds is 2. The van der Waals surface area contributed by atoms with Gasteiger partial charge in [0, 0.05) is 18.4 Å². The molecule has 2 aromatic rings. The average Bonchev–Trinajstić information content (AvgIpc) is 3.17. The zero-order valence-corrected chi connectivity index (χ0v) is 14.5. The van der Waals surface area contributed by atoms with E-state index in [4.69, 9.17) is 5.41 Å². The van der Waals surface area contributed by atoms with Gasteiger partial charge in [-0.15, -0.1) is 11.8 Å². The molecule has 3 rings (SSSR count). The van der Waals surface area contributed by atoms with Crippen LogP contribution in [0.5, 0.6) is 0 Å². The van der Waals surface area contributed by atoms with Crippen molar-refractivity contribution in [1.29, 1.82) is 5.41 Å². The number of hydrogen-bond donors (Lipinski definition) is 1. The zero-order chi connectivity index (χ0) is 16.7. The third-order valence-electron chi connectivity index (χ3n) is 3.28. The third kappa shape index (κ3) is 3.76. The van der Waals surface area contributed by atoms with Crippen LogP contribution in [0, 0.1) is 12.3 Å². The van der Waals surface area contributed by atoms with Gasteiger partial charge in [-0.05, 0) is 26.3 Å². The summed E-state index contributed by atoms with van der Waals surface area (Å²) in [4.78, 5) is 11.0. The predicted molar refractivity (Wildman–Crippen MR) is 92.4 cm³/mol. The molecular weight excluding hydrogens is 301 g/mol. The molecule has 7 heteroatoms. The number of thioether (sulfide) groups is 1. The van der Waals surface area contributed by atoms with Gasteiger partial charge in [0.2, 0.25) is 0 Å². The first-order chi connectivity index (χ1) is 10.7. The van der Waals surface area contributed by atoms with E-state index in [-0.39, 0.29) is 0 Å². The topological polar surface area (TPSA) is 57.3 Å². The van der Waals surface area contributed by atoms with Gasteiger partial charge in [-0.1, -0.05) is 13.8 Å². The normalized spacial score (nSPS) is 16.8. The molecule has 1 saturated heterocycles. The lowest BCUT2D eigenvalue weighted by Crippen LogP contribution is -2.21. The van der Waals surface area contributed by atoms with E-state index in [9.17, 15) is 4.39 Å². The van der Waals surface area contributed by atoms with Crippen LogP contribution >= 0.6 is 11.8 Å². The highest BCUT2D eigenvalue weighted by Gasteiger charge is 2.24. The van der Waals surface area contributed by atoms with Crippen LogP contribution in [0.4, 0.5) is 10.2 Å². The largest absolute Gasteiger partial charge is 0.352 e. The molecule has 0 amide bonds. The molecule has 0 aliphatic carbocycles. The quantitative estimate of drug-likeness (QED) is 0.677. The first kappa shape index (κ1) is 18.4. The van der Waals surface area contributed by atoms with Gasteiger partial charge in [0.25, 0.3) is 0 Å². The minimum Gasteiger partial charge on any atom is -0.352 e. The van der Waals surface area contributed by atoms with E-state index in [1.807, 2.05) is 48.7 Å². The van der Waals surface area contributed by atoms with E-state index in [2.05, 4.69) is 16.7 Å². The lowest BCUT2D eigenvalue weighted by Gasteiger charge is -2.17. The SMILES string of the molecule is C=N.CC.CSc1nc(N2CCC(F)C2)cn2c(C)cnc12. The maximum Gasteiger partial charge on any atom is 0.169 e. The lowest BCUT2D eigenvalue weighted by atomic mass is 10.3. The molecule has 22 heavy (non-hydrogen) atoms. The zero-order valence-electron chi connectivity index (χ0n) is 13.6. The van der Waals surface area contributed by atoms with Crippen LogP contribution in [0.3, 0.4) is 0 Å². The van der Waals surface area contributed by atoms with Gasteiger partial charge >= 0.3 is 0 Å². The number of aromatic nitrogens is 3. The van der Waals surface area contributed by atoms with E-state index in [0.717, 1.165) is 28.7 Å². The molecule has 2 aromatic heterocycles. The van der Waals surface area contributed by atoms with E-state index in [0.29, 0.717) is 13.0 Å². The Bertz CT molecular complexity index is 601. The Kier molecular flexibility index (Phi) is 7.31. The van der Waals surface area contributed by atoms with Crippen molar-refractivity contribution < 1.29 is 4.39 Å². The number of imidazole rings is 1. The van der Waals surface area contributed by atoms with Crippen molar-refractivity contribution in [2.45, 2.75) is 38.4 Å². The molecule has 0 aromatic carbocycles. The Morgan fingerprint density at radius 3 is 2.64 bits per heavy atom. The molecule has 1 unspecified atom stereocenters. The predicted octanol–water partition coefficient (Wildman–Crippen LogP) is 3.60. The minimum atomic E-state index is -0.732. The van der Waals surface area contributed by atoms with Crippen LogP contribution in [-0.2, 0) is 0 Å². The molecule has 122 valence electrons. The molecule has 0 spiro atoms. The maximum absolute atomic E-state index is 13.3. The Balaban J connectivity index is 0.000000561. The van der Waals surface area contributed by atoms with Crippen LogP contribution in [-0.4, -0.2) is 46.6 Å². The summed E-state index contributed by atoms with van der Waals surface area (Å²) >= 11 is 1.57. The van der Waals surface area contributed by atoms with Crippen molar-refractivity contribution in [3.8, 4) is 0 Å². The molecule has 1 fully saturated rings. The summed E-state index contributed by atoms with van der Waals surface area (Å²) in [5, 5.41) is 6.39. The van der Waals surface area contributed by atoms with Gasteiger partial charge in [0.1, 0.15) is 17.0 Å². The molecule has 1 atom stereocenters. The van der Waals surface area contributed by atoms with Crippen molar-refractivity contribution >= 4 is 29.9 Å². The third-order valence-corrected chi connectivity index (χ3v) is 3.94. The monoisotopic (exact) mass is 325 g/mol. The molecular formula is C15H24FN5S. The van der Waals surface area contributed by atoms with Crippen molar-refractivity contribution in [3.63, 3.8) is 0 Å². The average molecular weight is 325 g/mol. The van der Waals surface area contributed by atoms with Crippen molar-refractivity contribution in [2.75, 3.05) is 24.2 Å². The highest BCUT2D eigenvalue weighted by atomic mass is 32.2. The smallest absolute Gasteiger partial charge is 0.169 e. The highest BCUT2D eigenvalue weighted by molar-refractivity contribution is 7.98. The number of aryl methyl sites for hydroxylation is 1. The summed E-state index contributed by atoms with van der Waals surface area (Å²) in [6.07, 6.45) is 5.64. The minimum absolute atomic E-state index is 0.445. The van der Waals surface area contributed by atoms with Crippen LogP contribution < -0.4 is 4.90 Å². The highest BCUT2D eigenvalue weighted by Crippen LogP contribution is 2.26. The summed E-state index contributed by atoms with van der Waals surface area (Å²) in [7, 11) is 0. The molecule has 1 aliphatic heterocycles. The van der Waals surface area contributed by atoms with Crippen LogP contribution in [0.25, 0.3) is 5.65 Å². The summed E-state index contributed by atoms with van der Waals surface area (Å²) < 4.78 is 15.3. The summed E-state index contributed by atoms with van der Waals surface area (Å²) in [6.45, 7) is 9.69. The van der Waals surface area contributed by atoms with E-state index < -0.39 is 6.17 Å². The number of hydrogen-bond acceptors (Lipinski definition) is 5. The van der Waals surface area contributed by atoms with Gasteiger partial charge in [-0.25, -0.2) is 14.4 Å². The molecule has 1 aliphatic rings. The number of halogens is 1. The molecule has 3 heterocycles. The summed E-state index contributed by atoms with van der Waals surface area (Å²) in [5.41, 5.74) is 1.94. The standard InChI is InChI=1S/C12H15FN4S.C2H6.CH3N/c1-8-5-14-11-12(18-2)15-10(7-17(8)11)16-4-3-9(13)6-16;2*1-2/h5,7,9H,3-4,6H2,1-2H3;1-2H3;2H,1H2. The second kappa shape index (κ2) is 8.73. The fourth-order valence-electron chi connectivity index (χ4n) is 2.28. The van der Waals surface area contributed by atoms with E-state index in [1.165, 1.54) is 0 Å². The maximum atomic E-state index is 13.3. The number of nitrogens with zero attached hydrogens (tertiary/aromatic N) is 4. The summed E-state index contributed by atoms with van der Waals surface area (Å²) in [6, 6.07) is 0. The lowest BCUT2D eigenvalue weighted by molar-refractivity contribution is 0.364. The molecule has 0 radical (unpaired) electrons. The Labute approximate surface area is 135 Å². The summed E-state index contributed by atoms with van der Waals surface area (Å²) in [5.74, 6) is 0.841. The molecule has 0 saturated carbocycles. The second-order valence-electron chi connectivity index (χ2n) is 4.53. The van der Waals surface area contributed by atoms with Crippen molar-refractivity contribution in [1.82, 2.24) is 14.4 Å². The van der Waals surface area contributed by atoms with Crippen molar-refractivity contribution in [3.05, 3.63) is 18.1 Å². The van der Waals surface area contributed by atoms with Gasteiger partial charge in [-0.2, -0.15) is 0 Å². The molecule has 5 nitrogen and oxygen atoms in total. The Morgan fingerprint density at radius 1 is 1.41 bits per heavy atom. The van der Waals surface area contributed by atoms with Crippen LogP contribution in [0.2, 0.25) is 0 Å². The molecule has 1 N–H and O–H groups in total. The number of nitrogens with one attached hydrogen (secondary N) is 1. The van der Waals surface area contributed by atoms with Gasteiger partial charge < -0.3 is 10.3 Å². The van der Waals surface area contributed by atoms with Gasteiger partial charge in [0.05, 0.1) is 12.7 Å². The number of alkyl halides is 1. The fraction of sp³-hybridized carbons (Fsp3) is 0.533. The Hall–Kier alpha value is -1.63. The number of anilines is 1. The van der Waals surface area contributed by atoms with Gasteiger partial charge in [-0.3, -0.25) is 4.40 Å². The van der Waals surface area contributed by atoms with Crippen LogP contribution in [0.15, 0.2) is 17.4 Å². The van der Waals surface area contributed by atoms with Crippen molar-refractivity contribution in [2.24, 2.45) is 0 Å². The van der Waals surface area contributed by atoms with Gasteiger partial charge in [0.15, 0.2) is 5.65 Å². The fourth-order valence-corrected chi connectivity index (χ4v) is 2.80. The molecule has 0 bridgehead atoms. The number of fused-ring (bicyclic) bond motifs is 1. The first-order valence-corrected chi connectivity index (χ1v) is 8.54. The van der Waals surface area contributed by atoms with E-state index >= 15 is 0 Å². The van der Waals surface area contributed by atoms with Crippen LogP contribution in [0.1, 0.15) is 26.0 Å².